The molecule has 0 saturated carbocycles. The predicted octanol–water partition coefficient (Wildman–Crippen LogP) is 3.17. The molecule has 26 heavy (non-hydrogen) atoms. The fourth-order valence-electron chi connectivity index (χ4n) is 2.42. The number of hydrogen-bond acceptors (Lipinski definition) is 4. The van der Waals surface area contributed by atoms with E-state index in [-0.39, 0.29) is 36.0 Å². The average molecular weight is 366 g/mol. The molecule has 1 aromatic heterocycles. The quantitative estimate of drug-likeness (QED) is 0.749. The molecule has 2 rings (SSSR count). The highest BCUT2D eigenvalue weighted by atomic mass is 19.1. The van der Waals surface area contributed by atoms with Crippen LogP contribution < -0.4 is 5.32 Å². The minimum absolute atomic E-state index is 0.0201. The second-order valence-corrected chi connectivity index (χ2v) is 6.33. The standard InChI is InChI=1S/C18H20F2N2O4/c1-10(2)7-14(18(24)25)22-16(23)5-6-17-21-9-15(26-17)12-4-3-11(19)8-13(12)20/h3-4,8-10,14H,5-7H2,1-2H3,(H,22,23)(H,24,25)/t14-/m0/s1. The van der Waals surface area contributed by atoms with E-state index in [9.17, 15) is 18.4 Å². The number of oxazole rings is 1. The van der Waals surface area contributed by atoms with Gasteiger partial charge in [-0.25, -0.2) is 18.6 Å². The number of hydrogen-bond donors (Lipinski definition) is 2. The van der Waals surface area contributed by atoms with Crippen molar-refractivity contribution in [3.8, 4) is 11.3 Å². The summed E-state index contributed by atoms with van der Waals surface area (Å²) < 4.78 is 32.1. The Hall–Kier alpha value is -2.77. The van der Waals surface area contributed by atoms with Gasteiger partial charge in [0.05, 0.1) is 11.8 Å². The van der Waals surface area contributed by atoms with Crippen LogP contribution in [0.1, 0.15) is 32.6 Å². The van der Waals surface area contributed by atoms with Gasteiger partial charge in [-0.05, 0) is 24.5 Å². The van der Waals surface area contributed by atoms with Crippen LogP contribution in [0.5, 0.6) is 0 Å². The lowest BCUT2D eigenvalue weighted by atomic mass is 10.0. The van der Waals surface area contributed by atoms with E-state index in [0.717, 1.165) is 12.1 Å². The first-order valence-corrected chi connectivity index (χ1v) is 8.18. The Morgan fingerprint density at radius 2 is 2.04 bits per heavy atom. The third-order valence-electron chi connectivity index (χ3n) is 3.66. The van der Waals surface area contributed by atoms with Crippen molar-refractivity contribution in [2.24, 2.45) is 5.92 Å². The molecule has 2 N–H and O–H groups in total. The van der Waals surface area contributed by atoms with E-state index < -0.39 is 29.6 Å². The van der Waals surface area contributed by atoms with Crippen molar-refractivity contribution in [1.29, 1.82) is 0 Å². The van der Waals surface area contributed by atoms with Crippen LogP contribution >= 0.6 is 0 Å². The molecule has 6 nitrogen and oxygen atoms in total. The number of carboxylic acids is 1. The van der Waals surface area contributed by atoms with Gasteiger partial charge in [0.1, 0.15) is 17.7 Å². The molecule has 0 aliphatic rings. The lowest BCUT2D eigenvalue weighted by molar-refractivity contribution is -0.142. The Bertz CT molecular complexity index is 789. The number of carbonyl (C=O) groups is 2. The number of rotatable bonds is 8. The Labute approximate surface area is 149 Å². The summed E-state index contributed by atoms with van der Waals surface area (Å²) in [6, 6.07) is 2.14. The molecular weight excluding hydrogens is 346 g/mol. The van der Waals surface area contributed by atoms with Crippen molar-refractivity contribution in [3.63, 3.8) is 0 Å². The molecular formula is C18H20F2N2O4. The number of aryl methyl sites for hydroxylation is 1. The smallest absolute Gasteiger partial charge is 0.326 e. The summed E-state index contributed by atoms with van der Waals surface area (Å²) in [5.74, 6) is -2.55. The average Bonchev–Trinajstić information content (AvgIpc) is 3.00. The minimum atomic E-state index is -1.09. The van der Waals surface area contributed by atoms with E-state index in [1.807, 2.05) is 13.8 Å². The van der Waals surface area contributed by atoms with Gasteiger partial charge in [0.15, 0.2) is 11.7 Å². The Kier molecular flexibility index (Phi) is 6.43. The number of nitrogens with one attached hydrogen (secondary N) is 1. The highest BCUT2D eigenvalue weighted by Gasteiger charge is 2.21. The van der Waals surface area contributed by atoms with E-state index in [1.54, 1.807) is 0 Å². The van der Waals surface area contributed by atoms with E-state index in [1.165, 1.54) is 12.3 Å². The zero-order valence-corrected chi connectivity index (χ0v) is 14.5. The topological polar surface area (TPSA) is 92.4 Å². The van der Waals surface area contributed by atoms with Crippen LogP contribution in [0.4, 0.5) is 8.78 Å². The first-order chi connectivity index (χ1) is 12.3. The number of carboxylic acid groups (broad SMARTS) is 1. The zero-order chi connectivity index (χ0) is 19.3. The van der Waals surface area contributed by atoms with Crippen molar-refractivity contribution < 1.29 is 27.9 Å². The SMILES string of the molecule is CC(C)C[C@H](NC(=O)CCc1ncc(-c2ccc(F)cc2F)o1)C(=O)O. The fourth-order valence-corrected chi connectivity index (χ4v) is 2.42. The van der Waals surface area contributed by atoms with Crippen LogP contribution in [0, 0.1) is 17.6 Å². The first-order valence-electron chi connectivity index (χ1n) is 8.18. The summed E-state index contributed by atoms with van der Waals surface area (Å²) >= 11 is 0. The number of amides is 1. The van der Waals surface area contributed by atoms with E-state index in [0.29, 0.717) is 6.42 Å². The summed E-state index contributed by atoms with van der Waals surface area (Å²) in [6.07, 6.45) is 1.73. The summed E-state index contributed by atoms with van der Waals surface area (Å²) in [6.45, 7) is 3.73. The third-order valence-corrected chi connectivity index (χ3v) is 3.66. The molecule has 0 radical (unpaired) electrons. The second kappa shape index (κ2) is 8.55. The fraction of sp³-hybridized carbons (Fsp3) is 0.389. The number of aromatic nitrogens is 1. The number of nitrogens with zero attached hydrogens (tertiary/aromatic N) is 1. The summed E-state index contributed by atoms with van der Waals surface area (Å²) in [7, 11) is 0. The highest BCUT2D eigenvalue weighted by Crippen LogP contribution is 2.24. The summed E-state index contributed by atoms with van der Waals surface area (Å²) in [4.78, 5) is 27.1. The van der Waals surface area contributed by atoms with Crippen molar-refractivity contribution in [2.45, 2.75) is 39.2 Å². The molecule has 140 valence electrons. The van der Waals surface area contributed by atoms with E-state index in [4.69, 9.17) is 9.52 Å². The van der Waals surface area contributed by atoms with E-state index in [2.05, 4.69) is 10.3 Å². The third kappa shape index (κ3) is 5.37. The van der Waals surface area contributed by atoms with Crippen molar-refractivity contribution >= 4 is 11.9 Å². The molecule has 1 amide bonds. The van der Waals surface area contributed by atoms with Gasteiger partial charge in [-0.15, -0.1) is 0 Å². The maximum Gasteiger partial charge on any atom is 0.326 e. The Balaban J connectivity index is 1.95. The zero-order valence-electron chi connectivity index (χ0n) is 14.5. The van der Waals surface area contributed by atoms with Crippen LogP contribution in [0.25, 0.3) is 11.3 Å². The normalized spacial score (nSPS) is 12.2. The maximum absolute atomic E-state index is 13.7. The summed E-state index contributed by atoms with van der Waals surface area (Å²) in [5.41, 5.74) is 0.0671. The molecule has 0 saturated heterocycles. The lowest BCUT2D eigenvalue weighted by Gasteiger charge is -2.16. The Morgan fingerprint density at radius 1 is 1.31 bits per heavy atom. The molecule has 2 aromatic rings. The van der Waals surface area contributed by atoms with Gasteiger partial charge >= 0.3 is 5.97 Å². The lowest BCUT2D eigenvalue weighted by Crippen LogP contribution is -2.41. The van der Waals surface area contributed by atoms with Gasteiger partial charge in [-0.2, -0.15) is 0 Å². The van der Waals surface area contributed by atoms with Crippen LogP contribution in [0.3, 0.4) is 0 Å². The number of aliphatic carboxylic acids is 1. The first kappa shape index (κ1) is 19.6. The van der Waals surface area contributed by atoms with Crippen molar-refractivity contribution in [1.82, 2.24) is 10.3 Å². The van der Waals surface area contributed by atoms with Crippen LogP contribution in [-0.2, 0) is 16.0 Å². The number of benzene rings is 1. The van der Waals surface area contributed by atoms with Gasteiger partial charge in [-0.1, -0.05) is 13.8 Å². The monoisotopic (exact) mass is 366 g/mol. The molecule has 8 heteroatoms. The predicted molar refractivity (Wildman–Crippen MR) is 89.2 cm³/mol. The van der Waals surface area contributed by atoms with Gasteiger partial charge in [-0.3, -0.25) is 4.79 Å². The van der Waals surface area contributed by atoms with Crippen molar-refractivity contribution in [2.75, 3.05) is 0 Å². The molecule has 1 heterocycles. The maximum atomic E-state index is 13.7. The molecule has 0 bridgehead atoms. The highest BCUT2D eigenvalue weighted by molar-refractivity contribution is 5.83. The second-order valence-electron chi connectivity index (χ2n) is 6.33. The molecule has 1 aromatic carbocycles. The largest absolute Gasteiger partial charge is 0.480 e. The molecule has 0 aliphatic carbocycles. The van der Waals surface area contributed by atoms with Gasteiger partial charge in [0, 0.05) is 18.9 Å². The van der Waals surface area contributed by atoms with Gasteiger partial charge in [0.25, 0.3) is 0 Å². The molecule has 0 spiro atoms. The summed E-state index contributed by atoms with van der Waals surface area (Å²) in [5, 5.41) is 11.6. The van der Waals surface area contributed by atoms with Crippen molar-refractivity contribution in [3.05, 3.63) is 41.9 Å². The number of carbonyl (C=O) groups excluding carboxylic acids is 1. The minimum Gasteiger partial charge on any atom is -0.480 e. The molecule has 0 aliphatic heterocycles. The Morgan fingerprint density at radius 3 is 2.65 bits per heavy atom. The molecule has 1 atom stereocenters. The molecule has 0 unspecified atom stereocenters. The van der Waals surface area contributed by atoms with Crippen LogP contribution in [0.15, 0.2) is 28.8 Å². The van der Waals surface area contributed by atoms with Crippen LogP contribution in [-0.4, -0.2) is 28.0 Å². The van der Waals surface area contributed by atoms with Gasteiger partial charge < -0.3 is 14.8 Å². The molecule has 0 fully saturated rings. The van der Waals surface area contributed by atoms with E-state index >= 15 is 0 Å². The van der Waals surface area contributed by atoms with Gasteiger partial charge in [0.2, 0.25) is 5.91 Å². The van der Waals surface area contributed by atoms with Crippen LogP contribution in [0.2, 0.25) is 0 Å². The number of halogens is 2.